The first-order valence-electron chi connectivity index (χ1n) is 6.18. The fourth-order valence-corrected chi connectivity index (χ4v) is 1.98. The van der Waals surface area contributed by atoms with Gasteiger partial charge in [-0.3, -0.25) is 10.1 Å². The van der Waals surface area contributed by atoms with Crippen molar-refractivity contribution in [2.45, 2.75) is 20.0 Å². The van der Waals surface area contributed by atoms with Gasteiger partial charge in [-0.2, -0.15) is 0 Å². The van der Waals surface area contributed by atoms with Gasteiger partial charge in [0.25, 0.3) is 5.91 Å². The Labute approximate surface area is 123 Å². The Kier molecular flexibility index (Phi) is 4.24. The van der Waals surface area contributed by atoms with E-state index >= 15 is 0 Å². The fraction of sp³-hybridized carbons (Fsp3) is 0.286. The second kappa shape index (κ2) is 5.92. The normalized spacial score (nSPS) is 16.3. The lowest BCUT2D eigenvalue weighted by Crippen LogP contribution is -2.21. The molecule has 1 saturated heterocycles. The Morgan fingerprint density at radius 1 is 1.25 bits per heavy atom. The van der Waals surface area contributed by atoms with Gasteiger partial charge in [-0.05, 0) is 49.8 Å². The van der Waals surface area contributed by atoms with Crippen molar-refractivity contribution >= 4 is 29.3 Å². The van der Waals surface area contributed by atoms with Gasteiger partial charge >= 0.3 is 0 Å². The van der Waals surface area contributed by atoms with Gasteiger partial charge in [-0.15, -0.1) is 0 Å². The lowest BCUT2D eigenvalue weighted by molar-refractivity contribution is -0.115. The molecule has 0 radical (unpaired) electrons. The smallest absolute Gasteiger partial charge is 0.273 e. The van der Waals surface area contributed by atoms with E-state index in [9.17, 15) is 4.79 Å². The summed E-state index contributed by atoms with van der Waals surface area (Å²) in [6, 6.07) is 5.47. The monoisotopic (exact) mass is 292 g/mol. The third-order valence-electron chi connectivity index (χ3n) is 2.58. The minimum atomic E-state index is -0.239. The Morgan fingerprint density at radius 3 is 2.55 bits per heavy atom. The third-order valence-corrected chi connectivity index (χ3v) is 2.79. The maximum atomic E-state index is 11.6. The molecule has 0 atom stereocenters. The van der Waals surface area contributed by atoms with E-state index in [4.69, 9.17) is 21.7 Å². The molecule has 0 aromatic heterocycles. The topological polar surface area (TPSA) is 59.6 Å². The van der Waals surface area contributed by atoms with Gasteiger partial charge in [0.1, 0.15) is 5.70 Å². The molecule has 5 nitrogen and oxygen atoms in total. The zero-order valence-corrected chi connectivity index (χ0v) is 12.3. The highest BCUT2D eigenvalue weighted by Gasteiger charge is 2.20. The predicted octanol–water partition coefficient (Wildman–Crippen LogP) is 1.83. The Morgan fingerprint density at radius 2 is 2.00 bits per heavy atom. The van der Waals surface area contributed by atoms with Crippen LogP contribution >= 0.6 is 12.2 Å². The van der Waals surface area contributed by atoms with Gasteiger partial charge in [-0.25, -0.2) is 0 Å². The van der Waals surface area contributed by atoms with E-state index in [1.807, 2.05) is 26.0 Å². The summed E-state index contributed by atoms with van der Waals surface area (Å²) in [6.45, 7) is 3.89. The highest BCUT2D eigenvalue weighted by Crippen LogP contribution is 2.29. The van der Waals surface area contributed by atoms with Crippen molar-refractivity contribution in [3.05, 3.63) is 29.5 Å². The molecular weight excluding hydrogens is 276 g/mol. The number of hydrogen-bond acceptors (Lipinski definition) is 4. The van der Waals surface area contributed by atoms with Crippen LogP contribution in [0.15, 0.2) is 23.9 Å². The number of benzene rings is 1. The maximum absolute atomic E-state index is 11.6. The molecule has 1 heterocycles. The second-order valence-electron chi connectivity index (χ2n) is 4.54. The highest BCUT2D eigenvalue weighted by atomic mass is 32.1. The molecule has 1 fully saturated rings. The van der Waals surface area contributed by atoms with Crippen LogP contribution in [0.1, 0.15) is 19.4 Å². The summed E-state index contributed by atoms with van der Waals surface area (Å²) < 4.78 is 10.9. The van der Waals surface area contributed by atoms with Crippen LogP contribution in [0.25, 0.3) is 6.08 Å². The minimum Gasteiger partial charge on any atom is -0.493 e. The molecule has 106 valence electrons. The molecule has 0 aliphatic carbocycles. The van der Waals surface area contributed by atoms with Gasteiger partial charge < -0.3 is 14.8 Å². The Bertz CT molecular complexity index is 582. The first kappa shape index (κ1) is 14.3. The van der Waals surface area contributed by atoms with Gasteiger partial charge in [0.2, 0.25) is 0 Å². The van der Waals surface area contributed by atoms with Crippen molar-refractivity contribution in [3.63, 3.8) is 0 Å². The van der Waals surface area contributed by atoms with Crippen molar-refractivity contribution < 1.29 is 14.3 Å². The highest BCUT2D eigenvalue weighted by molar-refractivity contribution is 7.80. The van der Waals surface area contributed by atoms with Crippen LogP contribution in [-0.4, -0.2) is 24.2 Å². The molecule has 0 bridgehead atoms. The van der Waals surface area contributed by atoms with Crippen LogP contribution in [-0.2, 0) is 4.79 Å². The van der Waals surface area contributed by atoms with E-state index in [1.54, 1.807) is 19.3 Å². The molecule has 6 heteroatoms. The van der Waals surface area contributed by atoms with Crippen LogP contribution in [0.5, 0.6) is 11.5 Å². The molecule has 0 spiro atoms. The van der Waals surface area contributed by atoms with E-state index in [0.717, 1.165) is 5.56 Å². The fourth-order valence-electron chi connectivity index (χ4n) is 1.77. The lowest BCUT2D eigenvalue weighted by Gasteiger charge is -2.13. The van der Waals surface area contributed by atoms with Crippen molar-refractivity contribution in [2.75, 3.05) is 7.11 Å². The number of methoxy groups -OCH3 is 1. The zero-order valence-electron chi connectivity index (χ0n) is 11.5. The third kappa shape index (κ3) is 3.27. The molecule has 1 amide bonds. The van der Waals surface area contributed by atoms with Gasteiger partial charge in [0, 0.05) is 0 Å². The Hall–Kier alpha value is -2.08. The lowest BCUT2D eigenvalue weighted by atomic mass is 10.1. The molecule has 20 heavy (non-hydrogen) atoms. The SMILES string of the molecule is COc1cc(/C=C2/NC(=S)NC2=O)ccc1OC(C)C. The Balaban J connectivity index is 2.28. The number of carbonyl (C=O) groups is 1. The van der Waals surface area contributed by atoms with Crippen molar-refractivity contribution in [2.24, 2.45) is 0 Å². The van der Waals surface area contributed by atoms with E-state index in [2.05, 4.69) is 10.6 Å². The summed E-state index contributed by atoms with van der Waals surface area (Å²) >= 11 is 4.88. The van der Waals surface area contributed by atoms with E-state index < -0.39 is 0 Å². The van der Waals surface area contributed by atoms with Crippen LogP contribution in [0, 0.1) is 0 Å². The average molecular weight is 292 g/mol. The number of thiocarbonyl (C=S) groups is 1. The molecule has 1 aliphatic heterocycles. The number of rotatable bonds is 4. The van der Waals surface area contributed by atoms with Crippen LogP contribution in [0.3, 0.4) is 0 Å². The van der Waals surface area contributed by atoms with Crippen molar-refractivity contribution in [3.8, 4) is 11.5 Å². The number of nitrogens with one attached hydrogen (secondary N) is 2. The molecule has 2 rings (SSSR count). The molecule has 1 aromatic carbocycles. The predicted molar refractivity (Wildman–Crippen MR) is 80.6 cm³/mol. The van der Waals surface area contributed by atoms with E-state index in [1.165, 1.54) is 0 Å². The van der Waals surface area contributed by atoms with Crippen LogP contribution < -0.4 is 20.1 Å². The molecule has 0 saturated carbocycles. The largest absolute Gasteiger partial charge is 0.493 e. The number of carbonyl (C=O) groups excluding carboxylic acids is 1. The molecule has 1 aromatic rings. The van der Waals surface area contributed by atoms with Crippen molar-refractivity contribution in [1.82, 2.24) is 10.6 Å². The van der Waals surface area contributed by atoms with E-state index in [0.29, 0.717) is 22.3 Å². The standard InChI is InChI=1S/C14H16N2O3S/c1-8(2)19-11-5-4-9(7-12(11)18-3)6-10-13(17)16-14(20)15-10/h4-8H,1-3H3,(H2,15,16,17,20)/b10-6+. The zero-order chi connectivity index (χ0) is 14.7. The summed E-state index contributed by atoms with van der Waals surface area (Å²) in [5, 5.41) is 5.62. The van der Waals surface area contributed by atoms with Crippen molar-refractivity contribution in [1.29, 1.82) is 0 Å². The first-order chi connectivity index (χ1) is 9.49. The van der Waals surface area contributed by atoms with E-state index in [-0.39, 0.29) is 12.0 Å². The van der Waals surface area contributed by atoms with Gasteiger partial charge in [-0.1, -0.05) is 6.07 Å². The van der Waals surface area contributed by atoms with Crippen LogP contribution in [0.4, 0.5) is 0 Å². The second-order valence-corrected chi connectivity index (χ2v) is 4.95. The maximum Gasteiger partial charge on any atom is 0.273 e. The quantitative estimate of drug-likeness (QED) is 0.655. The van der Waals surface area contributed by atoms with Gasteiger partial charge in [0.15, 0.2) is 16.6 Å². The first-order valence-corrected chi connectivity index (χ1v) is 6.59. The number of ether oxygens (including phenoxy) is 2. The molecule has 2 N–H and O–H groups in total. The summed E-state index contributed by atoms with van der Waals surface area (Å²) in [4.78, 5) is 11.6. The summed E-state index contributed by atoms with van der Waals surface area (Å²) in [6.07, 6.45) is 1.77. The minimum absolute atomic E-state index is 0.0627. The summed E-state index contributed by atoms with van der Waals surface area (Å²) in [5.41, 5.74) is 1.23. The summed E-state index contributed by atoms with van der Waals surface area (Å²) in [5.74, 6) is 1.05. The average Bonchev–Trinajstić information content (AvgIpc) is 2.69. The van der Waals surface area contributed by atoms with Crippen LogP contribution in [0.2, 0.25) is 0 Å². The number of amides is 1. The summed E-state index contributed by atoms with van der Waals surface area (Å²) in [7, 11) is 1.58. The number of hydrogen-bond donors (Lipinski definition) is 2. The molecule has 0 unspecified atom stereocenters. The molecular formula is C14H16N2O3S. The molecule has 1 aliphatic rings. The van der Waals surface area contributed by atoms with Gasteiger partial charge in [0.05, 0.1) is 13.2 Å².